The first-order valence-electron chi connectivity index (χ1n) is 6.75. The molecule has 0 aromatic heterocycles. The van der Waals surface area contributed by atoms with Gasteiger partial charge >= 0.3 is 5.97 Å². The molecule has 1 N–H and O–H groups in total. The van der Waals surface area contributed by atoms with Crippen molar-refractivity contribution in [1.82, 2.24) is 0 Å². The molecule has 4 bridgehead atoms. The number of allylic oxidation sites excluding steroid dienone is 2. The fourth-order valence-corrected chi connectivity index (χ4v) is 5.72. The van der Waals surface area contributed by atoms with Crippen LogP contribution in [-0.4, -0.2) is 17.5 Å². The molecule has 4 aliphatic carbocycles. The van der Waals surface area contributed by atoms with Crippen LogP contribution in [0.1, 0.15) is 19.3 Å². The lowest BCUT2D eigenvalue weighted by atomic mass is 9.62. The van der Waals surface area contributed by atoms with Gasteiger partial charge in [0, 0.05) is 0 Å². The molecular formula is C14H16F2O2. The highest BCUT2D eigenvalue weighted by Crippen LogP contribution is 2.71. The van der Waals surface area contributed by atoms with Crippen LogP contribution in [0.2, 0.25) is 0 Å². The highest BCUT2D eigenvalue weighted by Gasteiger charge is 2.71. The molecule has 7 atom stereocenters. The molecule has 0 saturated heterocycles. The summed E-state index contributed by atoms with van der Waals surface area (Å²) in [4.78, 5) is 11.5. The third kappa shape index (κ3) is 0.984. The summed E-state index contributed by atoms with van der Waals surface area (Å²) in [6, 6.07) is 0. The fraction of sp³-hybridized carbons (Fsp3) is 0.786. The van der Waals surface area contributed by atoms with E-state index in [2.05, 4.69) is 12.2 Å². The lowest BCUT2D eigenvalue weighted by Crippen LogP contribution is -2.48. The van der Waals surface area contributed by atoms with E-state index in [0.717, 1.165) is 6.42 Å². The van der Waals surface area contributed by atoms with Crippen molar-refractivity contribution in [1.29, 1.82) is 0 Å². The lowest BCUT2D eigenvalue weighted by Gasteiger charge is -2.42. The third-order valence-electron chi connectivity index (χ3n) is 6.20. The predicted molar refractivity (Wildman–Crippen MR) is 60.0 cm³/mol. The first-order valence-corrected chi connectivity index (χ1v) is 6.75. The minimum absolute atomic E-state index is 0.197. The molecule has 98 valence electrons. The van der Waals surface area contributed by atoms with Gasteiger partial charge in [0.1, 0.15) is 5.41 Å². The van der Waals surface area contributed by atoms with Gasteiger partial charge in [-0.15, -0.1) is 0 Å². The molecule has 0 aromatic carbocycles. The molecule has 0 aromatic rings. The van der Waals surface area contributed by atoms with Crippen LogP contribution in [0.15, 0.2) is 12.2 Å². The molecule has 7 unspecified atom stereocenters. The molecule has 4 aliphatic rings. The SMILES string of the molecule is O=C(O)C1(C(F)F)CC2CC1C1C3C=CC(C3)C21. The monoisotopic (exact) mass is 254 g/mol. The first kappa shape index (κ1) is 10.9. The number of halogens is 2. The lowest BCUT2D eigenvalue weighted by molar-refractivity contribution is -0.170. The largest absolute Gasteiger partial charge is 0.481 e. The van der Waals surface area contributed by atoms with E-state index in [1.165, 1.54) is 0 Å². The standard InChI is InChI=1S/C14H16F2O2/c15-12(16)14(13(17)18)5-8-4-9(14)11-7-2-1-6(3-7)10(8)11/h1-2,6-12H,3-5H2,(H,17,18). The van der Waals surface area contributed by atoms with Gasteiger partial charge in [-0.05, 0) is 54.8 Å². The number of fused-ring (bicyclic) bond motifs is 9. The van der Waals surface area contributed by atoms with Crippen LogP contribution in [0.5, 0.6) is 0 Å². The van der Waals surface area contributed by atoms with E-state index in [9.17, 15) is 18.7 Å². The van der Waals surface area contributed by atoms with E-state index in [1.54, 1.807) is 0 Å². The van der Waals surface area contributed by atoms with Gasteiger partial charge in [0.25, 0.3) is 6.43 Å². The Morgan fingerprint density at radius 2 is 1.89 bits per heavy atom. The Morgan fingerprint density at radius 1 is 1.22 bits per heavy atom. The first-order chi connectivity index (χ1) is 8.55. The van der Waals surface area contributed by atoms with Crippen molar-refractivity contribution >= 4 is 5.97 Å². The van der Waals surface area contributed by atoms with Gasteiger partial charge < -0.3 is 5.11 Å². The summed E-state index contributed by atoms with van der Waals surface area (Å²) in [5.74, 6) is 0.262. The summed E-state index contributed by atoms with van der Waals surface area (Å²) in [6.07, 6.45) is 3.63. The summed E-state index contributed by atoms with van der Waals surface area (Å²) in [5.41, 5.74) is -1.75. The molecule has 0 amide bonds. The Bertz CT molecular complexity index is 447. The van der Waals surface area contributed by atoms with Gasteiger partial charge in [-0.2, -0.15) is 0 Å². The highest BCUT2D eigenvalue weighted by atomic mass is 19.3. The van der Waals surface area contributed by atoms with Crippen LogP contribution in [-0.2, 0) is 4.79 Å². The number of hydrogen-bond acceptors (Lipinski definition) is 1. The summed E-state index contributed by atoms with van der Waals surface area (Å²) in [6.45, 7) is 0. The molecule has 4 rings (SSSR count). The summed E-state index contributed by atoms with van der Waals surface area (Å²) < 4.78 is 26.8. The zero-order valence-corrected chi connectivity index (χ0v) is 9.93. The van der Waals surface area contributed by atoms with E-state index < -0.39 is 17.8 Å². The molecule has 0 heterocycles. The molecule has 18 heavy (non-hydrogen) atoms. The zero-order chi connectivity index (χ0) is 12.7. The highest BCUT2D eigenvalue weighted by molar-refractivity contribution is 5.76. The van der Waals surface area contributed by atoms with Crippen molar-refractivity contribution in [2.24, 2.45) is 40.9 Å². The second-order valence-electron chi connectivity index (χ2n) is 6.56. The summed E-state index contributed by atoms with van der Waals surface area (Å²) in [5, 5.41) is 9.35. The molecule has 2 nitrogen and oxygen atoms in total. The molecular weight excluding hydrogens is 238 g/mol. The van der Waals surface area contributed by atoms with Crippen LogP contribution < -0.4 is 0 Å². The second-order valence-corrected chi connectivity index (χ2v) is 6.56. The van der Waals surface area contributed by atoms with Crippen LogP contribution in [0, 0.1) is 40.9 Å². The van der Waals surface area contributed by atoms with Gasteiger partial charge in [-0.25, -0.2) is 8.78 Å². The third-order valence-corrected chi connectivity index (χ3v) is 6.20. The molecule has 3 fully saturated rings. The maximum atomic E-state index is 13.4. The number of carboxylic acids is 1. The Labute approximate surface area is 104 Å². The summed E-state index contributed by atoms with van der Waals surface area (Å²) in [7, 11) is 0. The van der Waals surface area contributed by atoms with Gasteiger partial charge in [0.2, 0.25) is 0 Å². The summed E-state index contributed by atoms with van der Waals surface area (Å²) >= 11 is 0. The maximum absolute atomic E-state index is 13.4. The van der Waals surface area contributed by atoms with Crippen molar-refractivity contribution in [2.75, 3.05) is 0 Å². The van der Waals surface area contributed by atoms with Crippen LogP contribution in [0.3, 0.4) is 0 Å². The molecule has 4 heteroatoms. The fourth-order valence-electron chi connectivity index (χ4n) is 5.72. The topological polar surface area (TPSA) is 37.3 Å². The Balaban J connectivity index is 1.77. The van der Waals surface area contributed by atoms with Crippen molar-refractivity contribution in [3.63, 3.8) is 0 Å². The van der Waals surface area contributed by atoms with Crippen molar-refractivity contribution < 1.29 is 18.7 Å². The number of hydrogen-bond donors (Lipinski definition) is 1. The number of rotatable bonds is 2. The number of alkyl halides is 2. The molecule has 0 radical (unpaired) electrons. The minimum Gasteiger partial charge on any atom is -0.481 e. The molecule has 3 saturated carbocycles. The van der Waals surface area contributed by atoms with E-state index in [1.807, 2.05) is 0 Å². The number of carbonyl (C=O) groups is 1. The maximum Gasteiger partial charge on any atom is 0.315 e. The van der Waals surface area contributed by atoms with Gasteiger partial charge in [0.05, 0.1) is 0 Å². The van der Waals surface area contributed by atoms with Crippen molar-refractivity contribution in [3.8, 4) is 0 Å². The van der Waals surface area contributed by atoms with Gasteiger partial charge in [0.15, 0.2) is 0 Å². The number of carboxylic acid groups (broad SMARTS) is 1. The van der Waals surface area contributed by atoms with Gasteiger partial charge in [-0.3, -0.25) is 4.79 Å². The van der Waals surface area contributed by atoms with E-state index in [0.29, 0.717) is 24.2 Å². The molecule has 0 aliphatic heterocycles. The quantitative estimate of drug-likeness (QED) is 0.607. The van der Waals surface area contributed by atoms with Crippen molar-refractivity contribution in [3.05, 3.63) is 12.2 Å². The van der Waals surface area contributed by atoms with E-state index >= 15 is 0 Å². The Morgan fingerprint density at radius 3 is 2.50 bits per heavy atom. The predicted octanol–water partition coefficient (Wildman–Crippen LogP) is 2.80. The van der Waals surface area contributed by atoms with Crippen LogP contribution in [0.25, 0.3) is 0 Å². The average molecular weight is 254 g/mol. The van der Waals surface area contributed by atoms with Gasteiger partial charge in [-0.1, -0.05) is 12.2 Å². The normalized spacial score (nSPS) is 55.5. The van der Waals surface area contributed by atoms with E-state index in [4.69, 9.17) is 0 Å². The second kappa shape index (κ2) is 3.14. The van der Waals surface area contributed by atoms with Crippen LogP contribution in [0.4, 0.5) is 8.78 Å². The molecule has 0 spiro atoms. The van der Waals surface area contributed by atoms with E-state index in [-0.39, 0.29) is 24.2 Å². The van der Waals surface area contributed by atoms with Crippen LogP contribution >= 0.6 is 0 Å². The zero-order valence-electron chi connectivity index (χ0n) is 9.93. The smallest absolute Gasteiger partial charge is 0.315 e. The average Bonchev–Trinajstić information content (AvgIpc) is 3.05. The minimum atomic E-state index is -2.73. The van der Waals surface area contributed by atoms with Crippen molar-refractivity contribution in [2.45, 2.75) is 25.7 Å². The number of aliphatic carboxylic acids is 1. The Hall–Kier alpha value is -0.930. The Kier molecular flexibility index (Phi) is 1.91.